The molecule has 4 N–H and O–H groups in total. The predicted molar refractivity (Wildman–Crippen MR) is 47.3 cm³/mol. The Kier molecular flexibility index (Phi) is 2.82. The van der Waals surface area contributed by atoms with Crippen LogP contribution in [0.15, 0.2) is 6.07 Å². The van der Waals surface area contributed by atoms with Crippen molar-refractivity contribution in [1.82, 2.24) is 4.98 Å². The van der Waals surface area contributed by atoms with Gasteiger partial charge in [0.25, 0.3) is 6.43 Å². The van der Waals surface area contributed by atoms with Crippen molar-refractivity contribution in [2.24, 2.45) is 0 Å². The van der Waals surface area contributed by atoms with Crippen molar-refractivity contribution in [3.05, 3.63) is 17.2 Å². The summed E-state index contributed by atoms with van der Waals surface area (Å²) in [5.41, 5.74) is 10.4. The standard InChI is InChI=1S/C8H8F2N4/c9-7(10)5-3-6(12)14-8(13)4(5)1-2-11/h3,7H,1H2,(H4,12,13,14). The number of alkyl halides is 2. The van der Waals surface area contributed by atoms with Gasteiger partial charge in [0.1, 0.15) is 11.6 Å². The van der Waals surface area contributed by atoms with Crippen LogP contribution in [-0.4, -0.2) is 4.98 Å². The van der Waals surface area contributed by atoms with Gasteiger partial charge in [0.05, 0.1) is 12.5 Å². The summed E-state index contributed by atoms with van der Waals surface area (Å²) in [7, 11) is 0. The third kappa shape index (κ3) is 1.88. The van der Waals surface area contributed by atoms with Crippen LogP contribution in [0.4, 0.5) is 20.4 Å². The fraction of sp³-hybridized carbons (Fsp3) is 0.250. The van der Waals surface area contributed by atoms with E-state index in [1.807, 2.05) is 0 Å². The monoisotopic (exact) mass is 198 g/mol. The number of nitrogens with two attached hydrogens (primary N) is 2. The number of anilines is 2. The van der Waals surface area contributed by atoms with E-state index in [0.29, 0.717) is 0 Å². The highest BCUT2D eigenvalue weighted by atomic mass is 19.3. The van der Waals surface area contributed by atoms with Crippen LogP contribution in [-0.2, 0) is 6.42 Å². The van der Waals surface area contributed by atoms with Crippen LogP contribution in [0.2, 0.25) is 0 Å². The number of nitrogens with zero attached hydrogens (tertiary/aromatic N) is 2. The van der Waals surface area contributed by atoms with Gasteiger partial charge in [-0.1, -0.05) is 0 Å². The van der Waals surface area contributed by atoms with Crippen molar-refractivity contribution in [2.45, 2.75) is 12.8 Å². The molecular weight excluding hydrogens is 190 g/mol. The van der Waals surface area contributed by atoms with Crippen molar-refractivity contribution in [2.75, 3.05) is 11.5 Å². The summed E-state index contributed by atoms with van der Waals surface area (Å²) in [6, 6.07) is 2.78. The molecule has 0 aromatic carbocycles. The van der Waals surface area contributed by atoms with Crippen molar-refractivity contribution in [1.29, 1.82) is 5.26 Å². The summed E-state index contributed by atoms with van der Waals surface area (Å²) < 4.78 is 24.9. The first kappa shape index (κ1) is 10.2. The van der Waals surface area contributed by atoms with E-state index >= 15 is 0 Å². The SMILES string of the molecule is N#CCc1c(C(F)F)cc(N)nc1N. The minimum absolute atomic E-state index is 0.0525. The largest absolute Gasteiger partial charge is 0.384 e. The van der Waals surface area contributed by atoms with Crippen LogP contribution in [0.3, 0.4) is 0 Å². The summed E-state index contributed by atoms with van der Waals surface area (Å²) in [5.74, 6) is -0.179. The summed E-state index contributed by atoms with van der Waals surface area (Å²) in [6.07, 6.45) is -2.90. The minimum atomic E-state index is -2.70. The molecule has 0 bridgehead atoms. The van der Waals surface area contributed by atoms with Gasteiger partial charge < -0.3 is 11.5 Å². The number of hydrogen-bond acceptors (Lipinski definition) is 4. The molecule has 0 atom stereocenters. The zero-order valence-electron chi connectivity index (χ0n) is 7.17. The van der Waals surface area contributed by atoms with Crippen LogP contribution in [0.1, 0.15) is 17.6 Å². The second-order valence-electron chi connectivity index (χ2n) is 2.64. The maximum Gasteiger partial charge on any atom is 0.264 e. The fourth-order valence-corrected chi connectivity index (χ4v) is 1.10. The first-order chi connectivity index (χ1) is 6.56. The Hall–Kier alpha value is -1.90. The summed E-state index contributed by atoms with van der Waals surface area (Å²) >= 11 is 0. The summed E-state index contributed by atoms with van der Waals surface area (Å²) in [5, 5.41) is 8.41. The molecule has 1 aromatic rings. The van der Waals surface area contributed by atoms with Crippen molar-refractivity contribution in [3.63, 3.8) is 0 Å². The molecule has 0 aliphatic rings. The van der Waals surface area contributed by atoms with E-state index in [4.69, 9.17) is 16.7 Å². The maximum absolute atomic E-state index is 12.5. The van der Waals surface area contributed by atoms with Gasteiger partial charge in [0, 0.05) is 11.1 Å². The van der Waals surface area contributed by atoms with Gasteiger partial charge in [0.15, 0.2) is 0 Å². The van der Waals surface area contributed by atoms with Crippen LogP contribution in [0.25, 0.3) is 0 Å². The number of nitriles is 1. The van der Waals surface area contributed by atoms with Crippen LogP contribution >= 0.6 is 0 Å². The van der Waals surface area contributed by atoms with E-state index in [0.717, 1.165) is 6.07 Å². The second-order valence-corrected chi connectivity index (χ2v) is 2.64. The van der Waals surface area contributed by atoms with E-state index in [1.54, 1.807) is 6.07 Å². The molecule has 74 valence electrons. The van der Waals surface area contributed by atoms with Gasteiger partial charge in [-0.15, -0.1) is 0 Å². The minimum Gasteiger partial charge on any atom is -0.384 e. The zero-order valence-corrected chi connectivity index (χ0v) is 7.17. The normalized spacial score (nSPS) is 10.1. The van der Waals surface area contributed by atoms with Gasteiger partial charge in [-0.2, -0.15) is 5.26 Å². The van der Waals surface area contributed by atoms with Gasteiger partial charge in [-0.3, -0.25) is 0 Å². The second kappa shape index (κ2) is 3.87. The number of aromatic nitrogens is 1. The first-order valence-corrected chi connectivity index (χ1v) is 3.76. The van der Waals surface area contributed by atoms with Gasteiger partial charge in [-0.05, 0) is 6.07 Å². The molecular formula is C8H8F2N4. The quantitative estimate of drug-likeness (QED) is 0.748. The molecule has 0 spiro atoms. The van der Waals surface area contributed by atoms with E-state index in [1.165, 1.54) is 0 Å². The first-order valence-electron chi connectivity index (χ1n) is 3.76. The lowest BCUT2D eigenvalue weighted by Crippen LogP contribution is -2.05. The lowest BCUT2D eigenvalue weighted by Gasteiger charge is -2.08. The topological polar surface area (TPSA) is 88.7 Å². The van der Waals surface area contributed by atoms with Gasteiger partial charge in [-0.25, -0.2) is 13.8 Å². The Bertz CT molecular complexity index is 384. The number of rotatable bonds is 2. The Labute approximate surface area is 79.1 Å². The lowest BCUT2D eigenvalue weighted by molar-refractivity contribution is 0.150. The Morgan fingerprint density at radius 1 is 1.50 bits per heavy atom. The van der Waals surface area contributed by atoms with E-state index < -0.39 is 6.43 Å². The molecule has 0 aliphatic heterocycles. The highest BCUT2D eigenvalue weighted by molar-refractivity contribution is 5.52. The third-order valence-electron chi connectivity index (χ3n) is 1.70. The number of hydrogen-bond donors (Lipinski definition) is 2. The molecule has 1 aromatic heterocycles. The molecule has 0 amide bonds. The van der Waals surface area contributed by atoms with Crippen LogP contribution in [0.5, 0.6) is 0 Å². The molecule has 1 rings (SSSR count). The highest BCUT2D eigenvalue weighted by Crippen LogP contribution is 2.27. The molecule has 4 nitrogen and oxygen atoms in total. The molecule has 6 heteroatoms. The van der Waals surface area contributed by atoms with Crippen molar-refractivity contribution < 1.29 is 8.78 Å². The predicted octanol–water partition coefficient (Wildman–Crippen LogP) is 1.25. The number of halogens is 2. The smallest absolute Gasteiger partial charge is 0.264 e. The summed E-state index contributed by atoms with van der Waals surface area (Å²) in [6.45, 7) is 0. The van der Waals surface area contributed by atoms with Crippen molar-refractivity contribution >= 4 is 11.6 Å². The summed E-state index contributed by atoms with van der Waals surface area (Å²) in [4.78, 5) is 3.61. The third-order valence-corrected chi connectivity index (χ3v) is 1.70. The van der Waals surface area contributed by atoms with E-state index in [2.05, 4.69) is 4.98 Å². The molecule has 0 aliphatic carbocycles. The van der Waals surface area contributed by atoms with E-state index in [9.17, 15) is 8.78 Å². The van der Waals surface area contributed by atoms with E-state index in [-0.39, 0.29) is 29.2 Å². The molecule has 1 heterocycles. The van der Waals surface area contributed by atoms with Crippen molar-refractivity contribution in [3.8, 4) is 6.07 Å². The Morgan fingerprint density at radius 2 is 2.14 bits per heavy atom. The fourth-order valence-electron chi connectivity index (χ4n) is 1.10. The van der Waals surface area contributed by atoms with Gasteiger partial charge >= 0.3 is 0 Å². The molecule has 0 fully saturated rings. The molecule has 0 radical (unpaired) electrons. The Morgan fingerprint density at radius 3 is 2.64 bits per heavy atom. The average molecular weight is 198 g/mol. The van der Waals surface area contributed by atoms with Gasteiger partial charge in [0.2, 0.25) is 0 Å². The number of pyridine rings is 1. The molecule has 0 unspecified atom stereocenters. The zero-order chi connectivity index (χ0) is 10.7. The van der Waals surface area contributed by atoms with Crippen LogP contribution < -0.4 is 11.5 Å². The average Bonchev–Trinajstić information content (AvgIpc) is 2.09. The number of nitrogen functional groups attached to an aromatic ring is 2. The highest BCUT2D eigenvalue weighted by Gasteiger charge is 2.16. The molecule has 0 saturated heterocycles. The van der Waals surface area contributed by atoms with Crippen LogP contribution in [0, 0.1) is 11.3 Å². The Balaban J connectivity index is 3.30. The maximum atomic E-state index is 12.5. The molecule has 0 saturated carbocycles. The lowest BCUT2D eigenvalue weighted by atomic mass is 10.1. The molecule has 14 heavy (non-hydrogen) atoms.